The van der Waals surface area contributed by atoms with E-state index in [4.69, 9.17) is 9.15 Å². The lowest BCUT2D eigenvalue weighted by Gasteiger charge is -2.31. The summed E-state index contributed by atoms with van der Waals surface area (Å²) < 4.78 is 10.5. The number of amides is 2. The van der Waals surface area contributed by atoms with Crippen LogP contribution in [-0.2, 0) is 20.9 Å². The van der Waals surface area contributed by atoms with Crippen LogP contribution in [0.5, 0.6) is 0 Å². The Labute approximate surface area is 152 Å². The van der Waals surface area contributed by atoms with E-state index < -0.39 is 0 Å². The smallest absolute Gasteiger partial charge is 0.226 e. The molecule has 26 heavy (non-hydrogen) atoms. The summed E-state index contributed by atoms with van der Waals surface area (Å²) in [5, 5.41) is 2.89. The molecular weight excluding hydrogens is 334 g/mol. The normalized spacial score (nSPS) is 17.3. The zero-order chi connectivity index (χ0) is 18.4. The molecule has 0 radical (unpaired) electrons. The van der Waals surface area contributed by atoms with Gasteiger partial charge in [0.15, 0.2) is 0 Å². The number of oxazole rings is 1. The summed E-state index contributed by atoms with van der Waals surface area (Å²) in [5.74, 6) is 0.341. The SMILES string of the molecule is COCCN1CC(C(=O)NCc2coc(-c3ccccc3)n2)CCC1=O. The van der Waals surface area contributed by atoms with Gasteiger partial charge in [-0.25, -0.2) is 4.98 Å². The summed E-state index contributed by atoms with van der Waals surface area (Å²) in [4.78, 5) is 30.4. The summed E-state index contributed by atoms with van der Waals surface area (Å²) >= 11 is 0. The van der Waals surface area contributed by atoms with Crippen LogP contribution in [0.25, 0.3) is 11.5 Å². The van der Waals surface area contributed by atoms with Crippen molar-refractivity contribution in [2.75, 3.05) is 26.8 Å². The lowest BCUT2D eigenvalue weighted by Crippen LogP contribution is -2.46. The number of methoxy groups -OCH3 is 1. The van der Waals surface area contributed by atoms with Gasteiger partial charge in [0.2, 0.25) is 17.7 Å². The third-order valence-electron chi connectivity index (χ3n) is 4.45. The van der Waals surface area contributed by atoms with Crippen molar-refractivity contribution in [3.05, 3.63) is 42.3 Å². The number of piperidine rings is 1. The van der Waals surface area contributed by atoms with Gasteiger partial charge in [0.25, 0.3) is 0 Å². The first-order valence-electron chi connectivity index (χ1n) is 8.71. The van der Waals surface area contributed by atoms with Gasteiger partial charge in [0.05, 0.1) is 24.8 Å². The molecule has 0 bridgehead atoms. The van der Waals surface area contributed by atoms with Crippen molar-refractivity contribution in [1.82, 2.24) is 15.2 Å². The second-order valence-corrected chi connectivity index (χ2v) is 6.30. The van der Waals surface area contributed by atoms with E-state index in [0.717, 1.165) is 5.56 Å². The number of hydrogen-bond acceptors (Lipinski definition) is 5. The molecule has 1 N–H and O–H groups in total. The molecule has 1 aromatic heterocycles. The van der Waals surface area contributed by atoms with Crippen molar-refractivity contribution in [2.45, 2.75) is 19.4 Å². The van der Waals surface area contributed by atoms with E-state index in [-0.39, 0.29) is 17.7 Å². The molecule has 1 saturated heterocycles. The second-order valence-electron chi connectivity index (χ2n) is 6.30. The van der Waals surface area contributed by atoms with Gasteiger partial charge in [-0.05, 0) is 18.6 Å². The molecule has 7 nitrogen and oxygen atoms in total. The van der Waals surface area contributed by atoms with Crippen molar-refractivity contribution in [2.24, 2.45) is 5.92 Å². The maximum atomic E-state index is 12.4. The molecule has 1 atom stereocenters. The molecule has 1 unspecified atom stereocenters. The van der Waals surface area contributed by atoms with Crippen LogP contribution in [0.15, 0.2) is 41.0 Å². The van der Waals surface area contributed by atoms with Gasteiger partial charge in [-0.2, -0.15) is 0 Å². The topological polar surface area (TPSA) is 84.7 Å². The molecule has 2 amide bonds. The van der Waals surface area contributed by atoms with Crippen LogP contribution >= 0.6 is 0 Å². The van der Waals surface area contributed by atoms with Gasteiger partial charge in [0, 0.05) is 32.2 Å². The van der Waals surface area contributed by atoms with Gasteiger partial charge in [0.1, 0.15) is 6.26 Å². The highest BCUT2D eigenvalue weighted by molar-refractivity contribution is 5.83. The van der Waals surface area contributed by atoms with E-state index in [1.54, 1.807) is 18.3 Å². The Morgan fingerprint density at radius 1 is 1.38 bits per heavy atom. The number of ether oxygens (including phenoxy) is 1. The third-order valence-corrected chi connectivity index (χ3v) is 4.45. The largest absolute Gasteiger partial charge is 0.444 e. The van der Waals surface area contributed by atoms with Crippen LogP contribution in [0.3, 0.4) is 0 Å². The molecule has 7 heteroatoms. The zero-order valence-electron chi connectivity index (χ0n) is 14.8. The highest BCUT2D eigenvalue weighted by atomic mass is 16.5. The lowest BCUT2D eigenvalue weighted by atomic mass is 9.96. The average Bonchev–Trinajstić information content (AvgIpc) is 3.15. The van der Waals surface area contributed by atoms with E-state index in [2.05, 4.69) is 10.3 Å². The highest BCUT2D eigenvalue weighted by Crippen LogP contribution is 2.19. The second kappa shape index (κ2) is 8.62. The fraction of sp³-hybridized carbons (Fsp3) is 0.421. The Morgan fingerprint density at radius 3 is 2.96 bits per heavy atom. The Hall–Kier alpha value is -2.67. The lowest BCUT2D eigenvalue weighted by molar-refractivity contribution is -0.138. The van der Waals surface area contributed by atoms with Crippen LogP contribution in [-0.4, -0.2) is 48.5 Å². The average molecular weight is 357 g/mol. The van der Waals surface area contributed by atoms with E-state index in [1.807, 2.05) is 30.3 Å². The molecule has 2 heterocycles. The minimum Gasteiger partial charge on any atom is -0.444 e. The molecule has 0 spiro atoms. The van der Waals surface area contributed by atoms with E-state index in [0.29, 0.717) is 50.7 Å². The van der Waals surface area contributed by atoms with Crippen LogP contribution in [0.2, 0.25) is 0 Å². The van der Waals surface area contributed by atoms with E-state index in [1.165, 1.54) is 0 Å². The highest BCUT2D eigenvalue weighted by Gasteiger charge is 2.29. The number of nitrogens with zero attached hydrogens (tertiary/aromatic N) is 2. The van der Waals surface area contributed by atoms with Crippen molar-refractivity contribution in [1.29, 1.82) is 0 Å². The number of rotatable bonds is 7. The first-order valence-corrected chi connectivity index (χ1v) is 8.71. The van der Waals surface area contributed by atoms with E-state index in [9.17, 15) is 9.59 Å². The molecule has 138 valence electrons. The van der Waals surface area contributed by atoms with Gasteiger partial charge in [-0.15, -0.1) is 0 Å². The molecule has 2 aromatic rings. The maximum Gasteiger partial charge on any atom is 0.226 e. The van der Waals surface area contributed by atoms with Crippen molar-refractivity contribution in [3.63, 3.8) is 0 Å². The zero-order valence-corrected chi connectivity index (χ0v) is 14.8. The molecule has 0 aliphatic carbocycles. The number of carbonyl (C=O) groups excluding carboxylic acids is 2. The standard InChI is InChI=1S/C19H23N3O4/c1-25-10-9-22-12-15(7-8-17(22)23)18(24)20-11-16-13-26-19(21-16)14-5-3-2-4-6-14/h2-6,13,15H,7-12H2,1H3,(H,20,24). The maximum absolute atomic E-state index is 12.4. The quantitative estimate of drug-likeness (QED) is 0.817. The third kappa shape index (κ3) is 4.49. The first kappa shape index (κ1) is 18.1. The first-order chi connectivity index (χ1) is 12.7. The molecule has 1 fully saturated rings. The number of carbonyl (C=O) groups is 2. The molecule has 0 saturated carbocycles. The summed E-state index contributed by atoms with van der Waals surface area (Å²) in [7, 11) is 1.60. The summed E-state index contributed by atoms with van der Waals surface area (Å²) in [6, 6.07) is 9.60. The molecule has 3 rings (SSSR count). The predicted molar refractivity (Wildman–Crippen MR) is 95.0 cm³/mol. The monoisotopic (exact) mass is 357 g/mol. The fourth-order valence-corrected chi connectivity index (χ4v) is 2.97. The van der Waals surface area contributed by atoms with Crippen LogP contribution in [0.1, 0.15) is 18.5 Å². The fourth-order valence-electron chi connectivity index (χ4n) is 2.97. The number of aromatic nitrogens is 1. The Morgan fingerprint density at radius 2 is 2.19 bits per heavy atom. The number of nitrogens with one attached hydrogen (secondary N) is 1. The van der Waals surface area contributed by atoms with Crippen molar-refractivity contribution < 1.29 is 18.7 Å². The number of likely N-dealkylation sites (tertiary alicyclic amines) is 1. The van der Waals surface area contributed by atoms with Crippen LogP contribution in [0, 0.1) is 5.92 Å². The van der Waals surface area contributed by atoms with Crippen molar-refractivity contribution in [3.8, 4) is 11.5 Å². The number of hydrogen-bond donors (Lipinski definition) is 1. The van der Waals surface area contributed by atoms with Crippen LogP contribution in [0.4, 0.5) is 0 Å². The van der Waals surface area contributed by atoms with Crippen molar-refractivity contribution >= 4 is 11.8 Å². The van der Waals surface area contributed by atoms with Gasteiger partial charge in [-0.3, -0.25) is 9.59 Å². The van der Waals surface area contributed by atoms with Crippen LogP contribution < -0.4 is 5.32 Å². The summed E-state index contributed by atoms with van der Waals surface area (Å²) in [5.41, 5.74) is 1.56. The minimum atomic E-state index is -0.204. The Kier molecular flexibility index (Phi) is 6.01. The van der Waals surface area contributed by atoms with E-state index >= 15 is 0 Å². The molecule has 1 aliphatic heterocycles. The Balaban J connectivity index is 1.52. The predicted octanol–water partition coefficient (Wildman–Crippen LogP) is 1.84. The molecule has 1 aromatic carbocycles. The summed E-state index contributed by atoms with van der Waals surface area (Å²) in [6.45, 7) is 1.73. The summed E-state index contributed by atoms with van der Waals surface area (Å²) in [6.07, 6.45) is 2.52. The van der Waals surface area contributed by atoms with Gasteiger partial charge in [-0.1, -0.05) is 18.2 Å². The van der Waals surface area contributed by atoms with Gasteiger partial charge >= 0.3 is 0 Å². The molecule has 1 aliphatic rings. The minimum absolute atomic E-state index is 0.0656. The van der Waals surface area contributed by atoms with Gasteiger partial charge < -0.3 is 19.4 Å². The molecular formula is C19H23N3O4. The Bertz CT molecular complexity index is 744. The number of benzene rings is 1.